The number of nitrogens with one attached hydrogen (secondary N) is 2. The average Bonchev–Trinajstić information content (AvgIpc) is 3.32. The minimum atomic E-state index is -0.334. The van der Waals surface area contributed by atoms with E-state index in [0.29, 0.717) is 5.95 Å². The van der Waals surface area contributed by atoms with E-state index in [1.54, 1.807) is 0 Å². The maximum absolute atomic E-state index is 13.6. The summed E-state index contributed by atoms with van der Waals surface area (Å²) in [4.78, 5) is 36.3. The number of aromatic nitrogens is 2. The first-order valence-corrected chi connectivity index (χ1v) is 10.8. The molecule has 2 aliphatic rings. The molecule has 154 valence electrons. The zero-order valence-corrected chi connectivity index (χ0v) is 17.1. The van der Waals surface area contributed by atoms with Crippen molar-refractivity contribution in [3.63, 3.8) is 0 Å². The molecule has 6 nitrogen and oxygen atoms in total. The first-order chi connectivity index (χ1) is 14.6. The Labute approximate surface area is 175 Å². The number of imidazole rings is 1. The number of hydrogen-bond donors (Lipinski definition) is 2. The zero-order valence-electron chi connectivity index (χ0n) is 17.1. The van der Waals surface area contributed by atoms with Gasteiger partial charge in [0, 0.05) is 17.6 Å². The van der Waals surface area contributed by atoms with Gasteiger partial charge in [-0.25, -0.2) is 4.98 Å². The lowest BCUT2D eigenvalue weighted by molar-refractivity contribution is -0.132. The first-order valence-electron chi connectivity index (χ1n) is 10.8. The predicted octanol–water partition coefficient (Wildman–Crippen LogP) is 4.29. The summed E-state index contributed by atoms with van der Waals surface area (Å²) in [6, 6.07) is 15.9. The highest BCUT2D eigenvalue weighted by Gasteiger charge is 2.41. The highest BCUT2D eigenvalue weighted by molar-refractivity contribution is 6.02. The number of hydrogen-bond acceptors (Lipinski definition) is 3. The van der Waals surface area contributed by atoms with E-state index < -0.39 is 0 Å². The van der Waals surface area contributed by atoms with Gasteiger partial charge in [-0.05, 0) is 49.9 Å². The molecule has 5 rings (SSSR count). The van der Waals surface area contributed by atoms with Crippen LogP contribution in [0, 0.1) is 11.8 Å². The number of para-hydroxylation sites is 3. The second kappa shape index (κ2) is 7.59. The van der Waals surface area contributed by atoms with Crippen LogP contribution in [0.5, 0.6) is 0 Å². The van der Waals surface area contributed by atoms with Crippen molar-refractivity contribution < 1.29 is 9.59 Å². The smallest absolute Gasteiger partial charge is 0.231 e. The van der Waals surface area contributed by atoms with Gasteiger partial charge in [-0.1, -0.05) is 43.2 Å². The second-order valence-corrected chi connectivity index (χ2v) is 8.48. The number of rotatable bonds is 3. The number of nitrogens with zero attached hydrogens (tertiary/aromatic N) is 2. The number of fused-ring (bicyclic) bond motifs is 2. The maximum atomic E-state index is 13.6. The van der Waals surface area contributed by atoms with Crippen molar-refractivity contribution in [2.24, 2.45) is 11.8 Å². The molecule has 30 heavy (non-hydrogen) atoms. The molecule has 1 aliphatic carbocycles. The van der Waals surface area contributed by atoms with E-state index in [0.717, 1.165) is 48.8 Å². The Morgan fingerprint density at radius 1 is 1.03 bits per heavy atom. The third-order valence-corrected chi connectivity index (χ3v) is 6.50. The molecule has 0 saturated heterocycles. The van der Waals surface area contributed by atoms with E-state index >= 15 is 0 Å². The molecular formula is C24H26N4O2. The van der Waals surface area contributed by atoms with Crippen LogP contribution in [0.2, 0.25) is 0 Å². The summed E-state index contributed by atoms with van der Waals surface area (Å²) in [6.07, 6.45) is 4.29. The van der Waals surface area contributed by atoms with E-state index in [1.165, 1.54) is 5.56 Å². The van der Waals surface area contributed by atoms with E-state index in [-0.39, 0.29) is 29.7 Å². The lowest BCUT2D eigenvalue weighted by Gasteiger charge is -2.34. The summed E-state index contributed by atoms with van der Waals surface area (Å²) in [6.45, 7) is 2.09. The molecule has 6 heteroatoms. The van der Waals surface area contributed by atoms with E-state index in [4.69, 9.17) is 0 Å². The van der Waals surface area contributed by atoms with Gasteiger partial charge in [-0.3, -0.25) is 14.9 Å². The summed E-state index contributed by atoms with van der Waals surface area (Å²) in [7, 11) is 0. The molecule has 2 amide bonds. The van der Waals surface area contributed by atoms with Gasteiger partial charge in [0.25, 0.3) is 0 Å². The minimum absolute atomic E-state index is 0.0805. The van der Waals surface area contributed by atoms with Crippen LogP contribution in [-0.4, -0.2) is 27.8 Å². The van der Waals surface area contributed by atoms with Crippen molar-refractivity contribution in [1.82, 2.24) is 9.97 Å². The van der Waals surface area contributed by atoms with Gasteiger partial charge in [-0.15, -0.1) is 0 Å². The number of amides is 2. The van der Waals surface area contributed by atoms with Gasteiger partial charge >= 0.3 is 0 Å². The highest BCUT2D eigenvalue weighted by atomic mass is 16.2. The molecule has 1 aromatic heterocycles. The lowest BCUT2D eigenvalue weighted by atomic mass is 9.77. The van der Waals surface area contributed by atoms with Crippen LogP contribution in [0.15, 0.2) is 48.5 Å². The SMILES string of the molecule is CC1Cc2ccccc2N1C(=O)C1CCCCC1C(=O)Nc1nc2ccccc2[nH]1. The van der Waals surface area contributed by atoms with Crippen molar-refractivity contribution in [2.75, 3.05) is 10.2 Å². The molecule has 2 heterocycles. The number of carbonyl (C=O) groups excluding carboxylic acids is 2. The molecule has 1 saturated carbocycles. The number of benzene rings is 2. The van der Waals surface area contributed by atoms with Crippen molar-refractivity contribution in [2.45, 2.75) is 45.1 Å². The lowest BCUT2D eigenvalue weighted by Crippen LogP contribution is -2.46. The normalized spacial score (nSPS) is 23.4. The third kappa shape index (κ3) is 3.26. The zero-order chi connectivity index (χ0) is 20.7. The van der Waals surface area contributed by atoms with Crippen LogP contribution >= 0.6 is 0 Å². The standard InChI is InChI=1S/C24H26N4O2/c1-15-14-16-8-2-7-13-21(16)28(15)23(30)18-10-4-3-9-17(18)22(29)27-24-25-19-11-5-6-12-20(19)26-24/h2,5-8,11-13,15,17-18H,3-4,9-10,14H2,1H3,(H2,25,26,27,29). The topological polar surface area (TPSA) is 78.1 Å². The van der Waals surface area contributed by atoms with Gasteiger partial charge in [0.2, 0.25) is 17.8 Å². The maximum Gasteiger partial charge on any atom is 0.231 e. The van der Waals surface area contributed by atoms with Crippen LogP contribution in [0.1, 0.15) is 38.2 Å². The molecule has 2 N–H and O–H groups in total. The van der Waals surface area contributed by atoms with Crippen molar-refractivity contribution >= 4 is 34.5 Å². The quantitative estimate of drug-likeness (QED) is 0.686. The number of carbonyl (C=O) groups is 2. The Balaban J connectivity index is 1.37. The largest absolute Gasteiger partial charge is 0.324 e. The second-order valence-electron chi connectivity index (χ2n) is 8.48. The Hall–Kier alpha value is -3.15. The van der Waals surface area contributed by atoms with Crippen LogP contribution in [-0.2, 0) is 16.0 Å². The highest BCUT2D eigenvalue weighted by Crippen LogP contribution is 2.38. The summed E-state index contributed by atoms with van der Waals surface area (Å²) >= 11 is 0. The molecule has 3 aromatic rings. The Kier molecular flexibility index (Phi) is 4.77. The number of H-pyrrole nitrogens is 1. The summed E-state index contributed by atoms with van der Waals surface area (Å²) in [5.41, 5.74) is 3.90. The Morgan fingerprint density at radius 3 is 2.60 bits per heavy atom. The Morgan fingerprint density at radius 2 is 1.77 bits per heavy atom. The summed E-state index contributed by atoms with van der Waals surface area (Å²) in [5, 5.41) is 2.93. The van der Waals surface area contributed by atoms with Gasteiger partial charge in [0.1, 0.15) is 0 Å². The van der Waals surface area contributed by atoms with Gasteiger partial charge in [0.15, 0.2) is 0 Å². The monoisotopic (exact) mass is 402 g/mol. The fraction of sp³-hybridized carbons (Fsp3) is 0.375. The predicted molar refractivity (Wildman–Crippen MR) is 117 cm³/mol. The molecule has 0 radical (unpaired) electrons. The number of anilines is 2. The van der Waals surface area contributed by atoms with E-state index in [9.17, 15) is 9.59 Å². The Bertz CT molecular complexity index is 1070. The molecule has 1 aliphatic heterocycles. The molecule has 2 aromatic carbocycles. The molecule has 3 atom stereocenters. The van der Waals surface area contributed by atoms with Crippen LogP contribution in [0.4, 0.5) is 11.6 Å². The van der Waals surface area contributed by atoms with Crippen molar-refractivity contribution in [3.8, 4) is 0 Å². The third-order valence-electron chi connectivity index (χ3n) is 6.50. The van der Waals surface area contributed by atoms with Crippen LogP contribution in [0.3, 0.4) is 0 Å². The van der Waals surface area contributed by atoms with Crippen molar-refractivity contribution in [3.05, 3.63) is 54.1 Å². The van der Waals surface area contributed by atoms with E-state index in [2.05, 4.69) is 28.3 Å². The van der Waals surface area contributed by atoms with Crippen LogP contribution < -0.4 is 10.2 Å². The van der Waals surface area contributed by atoms with Gasteiger partial charge < -0.3 is 9.88 Å². The van der Waals surface area contributed by atoms with Gasteiger partial charge in [0.05, 0.1) is 17.0 Å². The van der Waals surface area contributed by atoms with Gasteiger partial charge in [-0.2, -0.15) is 0 Å². The minimum Gasteiger partial charge on any atom is -0.324 e. The average molecular weight is 402 g/mol. The van der Waals surface area contributed by atoms with Crippen LogP contribution in [0.25, 0.3) is 11.0 Å². The first kappa shape index (κ1) is 18.9. The van der Waals surface area contributed by atoms with E-state index in [1.807, 2.05) is 47.4 Å². The molecule has 0 spiro atoms. The summed E-state index contributed by atoms with van der Waals surface area (Å²) < 4.78 is 0. The molecule has 3 unspecified atom stereocenters. The molecule has 1 fully saturated rings. The fourth-order valence-corrected chi connectivity index (χ4v) is 5.04. The fourth-order valence-electron chi connectivity index (χ4n) is 5.04. The summed E-state index contributed by atoms with van der Waals surface area (Å²) in [5.74, 6) is -0.224. The number of aromatic amines is 1. The van der Waals surface area contributed by atoms with Crippen molar-refractivity contribution in [1.29, 1.82) is 0 Å². The molecular weight excluding hydrogens is 376 g/mol. The molecule has 0 bridgehead atoms.